The van der Waals surface area contributed by atoms with E-state index in [4.69, 9.17) is 4.74 Å². The number of anilines is 1. The topological polar surface area (TPSA) is 38.3 Å². The minimum absolute atomic E-state index is 0.0467. The number of nitrogens with one attached hydrogen (secondary N) is 1. The Morgan fingerprint density at radius 3 is 2.78 bits per heavy atom. The van der Waals surface area contributed by atoms with Gasteiger partial charge in [0.15, 0.2) is 0 Å². The molecule has 1 amide bonds. The second kappa shape index (κ2) is 5.22. The van der Waals surface area contributed by atoms with Crippen molar-refractivity contribution in [3.8, 4) is 5.75 Å². The molecule has 0 saturated heterocycles. The third-order valence-electron chi connectivity index (χ3n) is 3.46. The quantitative estimate of drug-likeness (QED) is 0.803. The number of methoxy groups -OCH3 is 1. The Hall–Kier alpha value is -1.16. The summed E-state index contributed by atoms with van der Waals surface area (Å²) in [5, 5.41) is 2.93. The Kier molecular flexibility index (Phi) is 3.85. The number of benzene rings is 1. The van der Waals surface area contributed by atoms with Crippen LogP contribution >= 0.6 is 12.6 Å². The monoisotopic (exact) mass is 265 g/mol. The van der Waals surface area contributed by atoms with Crippen molar-refractivity contribution in [2.24, 2.45) is 5.41 Å². The maximum Gasteiger partial charge on any atom is 0.225 e. The summed E-state index contributed by atoms with van der Waals surface area (Å²) in [7, 11) is 1.61. The molecule has 0 radical (unpaired) electrons. The molecule has 1 aromatic rings. The first kappa shape index (κ1) is 13.3. The lowest BCUT2D eigenvalue weighted by molar-refractivity contribution is -0.117. The van der Waals surface area contributed by atoms with E-state index in [0.29, 0.717) is 12.2 Å². The van der Waals surface area contributed by atoms with E-state index < -0.39 is 0 Å². The first-order valence-electron chi connectivity index (χ1n) is 6.14. The van der Waals surface area contributed by atoms with Gasteiger partial charge in [0, 0.05) is 6.42 Å². The molecule has 98 valence electrons. The van der Waals surface area contributed by atoms with Crippen LogP contribution in [0.3, 0.4) is 0 Å². The maximum atomic E-state index is 12.0. The normalized spacial score (nSPS) is 16.2. The molecule has 18 heavy (non-hydrogen) atoms. The van der Waals surface area contributed by atoms with E-state index in [-0.39, 0.29) is 11.3 Å². The molecular formula is C14H19NO2S. The fraction of sp³-hybridized carbons (Fsp3) is 0.500. The first-order chi connectivity index (χ1) is 8.58. The summed E-state index contributed by atoms with van der Waals surface area (Å²) in [6.07, 6.45) is 2.76. The van der Waals surface area contributed by atoms with Crippen molar-refractivity contribution in [2.45, 2.75) is 26.2 Å². The molecule has 1 aliphatic carbocycles. The molecule has 0 aliphatic heterocycles. The van der Waals surface area contributed by atoms with Crippen molar-refractivity contribution in [1.82, 2.24) is 0 Å². The molecule has 0 bridgehead atoms. The van der Waals surface area contributed by atoms with E-state index in [2.05, 4.69) is 17.9 Å². The summed E-state index contributed by atoms with van der Waals surface area (Å²) < 4.78 is 5.24. The predicted molar refractivity (Wildman–Crippen MR) is 76.5 cm³/mol. The van der Waals surface area contributed by atoms with Crippen LogP contribution in [0.1, 0.15) is 24.8 Å². The summed E-state index contributed by atoms with van der Waals surface area (Å²) >= 11 is 4.31. The summed E-state index contributed by atoms with van der Waals surface area (Å²) in [5.41, 5.74) is 1.99. The highest BCUT2D eigenvalue weighted by Gasteiger charge is 2.42. The molecule has 1 saturated carbocycles. The molecule has 0 heterocycles. The average molecular weight is 265 g/mol. The zero-order valence-electron chi connectivity index (χ0n) is 10.8. The molecule has 3 nitrogen and oxygen atoms in total. The van der Waals surface area contributed by atoms with Crippen LogP contribution in [0.2, 0.25) is 0 Å². The van der Waals surface area contributed by atoms with Crippen LogP contribution in [0.5, 0.6) is 5.75 Å². The van der Waals surface area contributed by atoms with Crippen LogP contribution in [0, 0.1) is 12.3 Å². The predicted octanol–water partition coefficient (Wildman–Crippen LogP) is 3.04. The Morgan fingerprint density at radius 2 is 2.22 bits per heavy atom. The number of carbonyl (C=O) groups excluding carboxylic acids is 1. The number of aryl methyl sites for hydroxylation is 1. The van der Waals surface area contributed by atoms with Crippen LogP contribution in [-0.2, 0) is 4.79 Å². The van der Waals surface area contributed by atoms with E-state index in [0.717, 1.165) is 29.8 Å². The number of hydrogen-bond acceptors (Lipinski definition) is 3. The number of amides is 1. The lowest BCUT2D eigenvalue weighted by Gasteiger charge is -2.14. The fourth-order valence-corrected chi connectivity index (χ4v) is 2.45. The smallest absolute Gasteiger partial charge is 0.225 e. The second-order valence-corrected chi connectivity index (χ2v) is 5.40. The van der Waals surface area contributed by atoms with Gasteiger partial charge in [-0.3, -0.25) is 4.79 Å². The van der Waals surface area contributed by atoms with E-state index in [1.54, 1.807) is 7.11 Å². The summed E-state index contributed by atoms with van der Waals surface area (Å²) in [6.45, 7) is 1.99. The highest BCUT2D eigenvalue weighted by Crippen LogP contribution is 2.49. The summed E-state index contributed by atoms with van der Waals surface area (Å²) in [6, 6.07) is 5.76. The maximum absolute atomic E-state index is 12.0. The Balaban J connectivity index is 2.04. The first-order valence-corrected chi connectivity index (χ1v) is 6.77. The molecule has 0 spiro atoms. The highest BCUT2D eigenvalue weighted by molar-refractivity contribution is 7.80. The average Bonchev–Trinajstić information content (AvgIpc) is 3.09. The van der Waals surface area contributed by atoms with Crippen molar-refractivity contribution in [3.63, 3.8) is 0 Å². The minimum Gasteiger partial charge on any atom is -0.495 e. The molecule has 0 unspecified atom stereocenters. The second-order valence-electron chi connectivity index (χ2n) is 5.09. The van der Waals surface area contributed by atoms with E-state index in [1.807, 2.05) is 25.1 Å². The summed E-state index contributed by atoms with van der Waals surface area (Å²) in [5.74, 6) is 1.53. The lowest BCUT2D eigenvalue weighted by Crippen LogP contribution is -2.18. The Labute approximate surface area is 113 Å². The van der Waals surface area contributed by atoms with Gasteiger partial charge < -0.3 is 10.1 Å². The van der Waals surface area contributed by atoms with Crippen molar-refractivity contribution in [1.29, 1.82) is 0 Å². The molecule has 0 atom stereocenters. The number of ether oxygens (including phenoxy) is 1. The summed E-state index contributed by atoms with van der Waals surface area (Å²) in [4.78, 5) is 12.0. The number of hydrogen-bond donors (Lipinski definition) is 2. The van der Waals surface area contributed by atoms with Gasteiger partial charge in [-0.05, 0) is 48.6 Å². The van der Waals surface area contributed by atoms with Gasteiger partial charge in [0.05, 0.1) is 12.8 Å². The van der Waals surface area contributed by atoms with Crippen LogP contribution in [0.4, 0.5) is 5.69 Å². The lowest BCUT2D eigenvalue weighted by atomic mass is 10.0. The largest absolute Gasteiger partial charge is 0.495 e. The van der Waals surface area contributed by atoms with Crippen molar-refractivity contribution >= 4 is 24.2 Å². The fourth-order valence-electron chi connectivity index (χ4n) is 2.02. The molecule has 2 rings (SSSR count). The Bertz CT molecular complexity index is 455. The van der Waals surface area contributed by atoms with Gasteiger partial charge in [-0.25, -0.2) is 0 Å². The van der Waals surface area contributed by atoms with Gasteiger partial charge >= 0.3 is 0 Å². The standard InChI is InChI=1S/C14H19NO2S/c1-10-3-4-12(17-2)11(7-10)15-13(16)8-14(9-18)5-6-14/h3-4,7,18H,5-6,8-9H2,1-2H3,(H,15,16). The molecule has 4 heteroatoms. The zero-order valence-corrected chi connectivity index (χ0v) is 11.7. The van der Waals surface area contributed by atoms with Gasteiger partial charge in [0.25, 0.3) is 0 Å². The van der Waals surface area contributed by atoms with Crippen molar-refractivity contribution in [2.75, 3.05) is 18.2 Å². The molecule has 1 N–H and O–H groups in total. The van der Waals surface area contributed by atoms with Gasteiger partial charge in [-0.15, -0.1) is 0 Å². The van der Waals surface area contributed by atoms with Gasteiger partial charge in [0.2, 0.25) is 5.91 Å². The molecule has 1 fully saturated rings. The van der Waals surface area contributed by atoms with E-state index in [9.17, 15) is 4.79 Å². The van der Waals surface area contributed by atoms with Gasteiger partial charge in [-0.2, -0.15) is 12.6 Å². The van der Waals surface area contributed by atoms with Crippen LogP contribution in [-0.4, -0.2) is 18.8 Å². The van der Waals surface area contributed by atoms with Gasteiger partial charge in [-0.1, -0.05) is 6.07 Å². The third kappa shape index (κ3) is 2.99. The number of rotatable bonds is 5. The van der Waals surface area contributed by atoms with Crippen LogP contribution in [0.15, 0.2) is 18.2 Å². The molecular weight excluding hydrogens is 246 g/mol. The van der Waals surface area contributed by atoms with Crippen molar-refractivity contribution < 1.29 is 9.53 Å². The number of carbonyl (C=O) groups is 1. The zero-order chi connectivity index (χ0) is 13.2. The minimum atomic E-state index is 0.0467. The van der Waals surface area contributed by atoms with Crippen LogP contribution in [0.25, 0.3) is 0 Å². The molecule has 1 aromatic carbocycles. The van der Waals surface area contributed by atoms with Gasteiger partial charge in [0.1, 0.15) is 5.75 Å². The molecule has 0 aromatic heterocycles. The number of thiol groups is 1. The molecule has 1 aliphatic rings. The van der Waals surface area contributed by atoms with E-state index in [1.165, 1.54) is 0 Å². The van der Waals surface area contributed by atoms with Crippen molar-refractivity contribution in [3.05, 3.63) is 23.8 Å². The van der Waals surface area contributed by atoms with Crippen LogP contribution < -0.4 is 10.1 Å². The van der Waals surface area contributed by atoms with E-state index >= 15 is 0 Å². The third-order valence-corrected chi connectivity index (χ3v) is 4.13. The highest BCUT2D eigenvalue weighted by atomic mass is 32.1. The Morgan fingerprint density at radius 1 is 1.50 bits per heavy atom. The SMILES string of the molecule is COc1ccc(C)cc1NC(=O)CC1(CS)CC1.